The number of rotatable bonds is 3. The van der Waals surface area contributed by atoms with E-state index in [-0.39, 0.29) is 11.9 Å². The van der Waals surface area contributed by atoms with Crippen molar-refractivity contribution in [1.29, 1.82) is 0 Å². The van der Waals surface area contributed by atoms with Crippen LogP contribution in [0, 0.1) is 6.92 Å². The molecule has 29 heavy (non-hydrogen) atoms. The molecule has 5 rings (SSSR count). The first-order valence-electron chi connectivity index (χ1n) is 9.54. The van der Waals surface area contributed by atoms with E-state index in [0.29, 0.717) is 29.0 Å². The van der Waals surface area contributed by atoms with E-state index in [2.05, 4.69) is 25.1 Å². The monoisotopic (exact) mass is 408 g/mol. The number of fused-ring (bicyclic) bond motifs is 3. The maximum Gasteiger partial charge on any atom is 0.263 e. The third kappa shape index (κ3) is 3.05. The Hall–Kier alpha value is -2.94. The fraction of sp³-hybridized carbons (Fsp3) is 0.350. The lowest BCUT2D eigenvalue weighted by atomic mass is 10.1. The number of hydrogen-bond acceptors (Lipinski definition) is 8. The van der Waals surface area contributed by atoms with Crippen molar-refractivity contribution in [3.63, 3.8) is 0 Å². The Morgan fingerprint density at radius 2 is 2.07 bits per heavy atom. The van der Waals surface area contributed by atoms with Gasteiger partial charge in [-0.25, -0.2) is 9.97 Å². The molecule has 0 radical (unpaired) electrons. The molecule has 3 aromatic rings. The average Bonchev–Trinajstić information content (AvgIpc) is 3.37. The summed E-state index contributed by atoms with van der Waals surface area (Å²) in [6.45, 7) is 3.23. The Balaban J connectivity index is 1.64. The first kappa shape index (κ1) is 18.1. The molecular weight excluding hydrogens is 388 g/mol. The molecular formula is C20H20N6O2S. The summed E-state index contributed by atoms with van der Waals surface area (Å²) in [6.07, 6.45) is 5.69. The number of benzene rings is 1. The molecule has 0 aliphatic carbocycles. The van der Waals surface area contributed by atoms with Gasteiger partial charge in [-0.3, -0.25) is 4.79 Å². The first-order chi connectivity index (χ1) is 14.2. The van der Waals surface area contributed by atoms with Crippen LogP contribution in [0.1, 0.15) is 29.1 Å². The van der Waals surface area contributed by atoms with Crippen LogP contribution in [-0.2, 0) is 0 Å². The minimum atomic E-state index is -0.106. The predicted molar refractivity (Wildman–Crippen MR) is 110 cm³/mol. The van der Waals surface area contributed by atoms with Crippen LogP contribution in [0.25, 0.3) is 11.5 Å². The topological polar surface area (TPSA) is 88.2 Å². The molecule has 8 nitrogen and oxygen atoms in total. The number of amides is 1. The van der Waals surface area contributed by atoms with Gasteiger partial charge in [0.15, 0.2) is 5.16 Å². The lowest BCUT2D eigenvalue weighted by molar-refractivity contribution is 0.0988. The maximum atomic E-state index is 13.6. The molecule has 1 unspecified atom stereocenters. The van der Waals surface area contributed by atoms with Gasteiger partial charge in [-0.05, 0) is 31.2 Å². The number of nitrogens with zero attached hydrogens (tertiary/aromatic N) is 6. The highest BCUT2D eigenvalue weighted by Crippen LogP contribution is 2.37. The summed E-state index contributed by atoms with van der Waals surface area (Å²) in [4.78, 5) is 26.7. The van der Waals surface area contributed by atoms with Crippen molar-refractivity contribution in [1.82, 2.24) is 20.2 Å². The fourth-order valence-electron chi connectivity index (χ4n) is 4.07. The Bertz CT molecular complexity index is 1080. The number of para-hydroxylation sites is 1. The molecule has 1 saturated heterocycles. The van der Waals surface area contributed by atoms with E-state index in [1.807, 2.05) is 35.4 Å². The van der Waals surface area contributed by atoms with Crippen molar-refractivity contribution in [2.45, 2.75) is 31.0 Å². The smallest absolute Gasteiger partial charge is 0.263 e. The number of carbonyl (C=O) groups excluding carboxylic acids is 1. The molecule has 9 heteroatoms. The third-order valence-corrected chi connectivity index (χ3v) is 5.96. The Morgan fingerprint density at radius 3 is 2.86 bits per heavy atom. The van der Waals surface area contributed by atoms with Crippen LogP contribution in [-0.4, -0.2) is 51.5 Å². The van der Waals surface area contributed by atoms with Gasteiger partial charge in [-0.2, -0.15) is 0 Å². The van der Waals surface area contributed by atoms with Crippen LogP contribution in [0.15, 0.2) is 40.0 Å². The molecule has 1 aromatic carbocycles. The molecule has 2 aromatic heterocycles. The maximum absolute atomic E-state index is 13.6. The van der Waals surface area contributed by atoms with Crippen molar-refractivity contribution >= 4 is 29.2 Å². The molecule has 0 saturated carbocycles. The number of aromatic nitrogens is 4. The standard InChI is InChI=1S/C20H20N6O2S/c1-12-23-24-18(28-12)14-7-3-4-8-16(14)26-11-13-6-5-9-25(13)17-15(19(26)27)10-21-20(22-17)29-2/h3-4,7-8,10,13H,5-6,9,11H2,1-2H3. The lowest BCUT2D eigenvalue weighted by Crippen LogP contribution is -2.40. The quantitative estimate of drug-likeness (QED) is 0.482. The van der Waals surface area contributed by atoms with Crippen LogP contribution < -0.4 is 9.80 Å². The van der Waals surface area contributed by atoms with Gasteiger partial charge in [0.25, 0.3) is 5.91 Å². The zero-order valence-electron chi connectivity index (χ0n) is 16.2. The van der Waals surface area contributed by atoms with Gasteiger partial charge >= 0.3 is 0 Å². The summed E-state index contributed by atoms with van der Waals surface area (Å²) in [5.41, 5.74) is 2.04. The summed E-state index contributed by atoms with van der Waals surface area (Å²) in [5, 5.41) is 8.78. The fourth-order valence-corrected chi connectivity index (χ4v) is 4.41. The second-order valence-corrected chi connectivity index (χ2v) is 7.92. The number of thioether (sulfide) groups is 1. The van der Waals surface area contributed by atoms with Gasteiger partial charge < -0.3 is 14.2 Å². The molecule has 148 valence electrons. The van der Waals surface area contributed by atoms with Crippen LogP contribution in [0.5, 0.6) is 0 Å². The highest BCUT2D eigenvalue weighted by Gasteiger charge is 2.38. The van der Waals surface area contributed by atoms with Crippen molar-refractivity contribution in [3.8, 4) is 11.5 Å². The lowest BCUT2D eigenvalue weighted by Gasteiger charge is -2.27. The minimum Gasteiger partial charge on any atom is -0.421 e. The predicted octanol–water partition coefficient (Wildman–Crippen LogP) is 3.19. The molecule has 1 fully saturated rings. The molecule has 0 N–H and O–H groups in total. The molecule has 4 heterocycles. The third-order valence-electron chi connectivity index (χ3n) is 5.40. The summed E-state index contributed by atoms with van der Waals surface area (Å²) < 4.78 is 5.66. The SMILES string of the molecule is CSc1ncc2c(n1)N1CCCC1CN(c1ccccc1-c1nnc(C)o1)C2=O. The Labute approximate surface area is 172 Å². The largest absolute Gasteiger partial charge is 0.421 e. The zero-order chi connectivity index (χ0) is 20.0. The molecule has 1 amide bonds. The summed E-state index contributed by atoms with van der Waals surface area (Å²) in [7, 11) is 0. The van der Waals surface area contributed by atoms with E-state index in [1.165, 1.54) is 11.8 Å². The van der Waals surface area contributed by atoms with E-state index in [0.717, 1.165) is 36.5 Å². The molecule has 0 bridgehead atoms. The summed E-state index contributed by atoms with van der Waals surface area (Å²) >= 11 is 1.48. The van der Waals surface area contributed by atoms with Crippen molar-refractivity contribution in [3.05, 3.63) is 41.9 Å². The van der Waals surface area contributed by atoms with Gasteiger partial charge in [-0.1, -0.05) is 23.9 Å². The van der Waals surface area contributed by atoms with E-state index in [1.54, 1.807) is 13.1 Å². The molecule has 2 aliphatic heterocycles. The van der Waals surface area contributed by atoms with Gasteiger partial charge in [0.2, 0.25) is 11.8 Å². The number of carbonyl (C=O) groups is 1. The van der Waals surface area contributed by atoms with Crippen LogP contribution >= 0.6 is 11.8 Å². The van der Waals surface area contributed by atoms with Crippen molar-refractivity contribution < 1.29 is 9.21 Å². The number of hydrogen-bond donors (Lipinski definition) is 0. The van der Waals surface area contributed by atoms with Crippen LogP contribution in [0.4, 0.5) is 11.5 Å². The van der Waals surface area contributed by atoms with Crippen molar-refractivity contribution in [2.24, 2.45) is 0 Å². The Morgan fingerprint density at radius 1 is 1.21 bits per heavy atom. The highest BCUT2D eigenvalue weighted by atomic mass is 32.2. The van der Waals surface area contributed by atoms with Crippen LogP contribution in [0.2, 0.25) is 0 Å². The number of aryl methyl sites for hydroxylation is 1. The normalized spacial score (nSPS) is 18.6. The average molecular weight is 408 g/mol. The van der Waals surface area contributed by atoms with E-state index in [4.69, 9.17) is 4.42 Å². The molecule has 0 spiro atoms. The van der Waals surface area contributed by atoms with E-state index in [9.17, 15) is 4.79 Å². The minimum absolute atomic E-state index is 0.106. The Kier molecular flexibility index (Phi) is 4.46. The number of anilines is 2. The summed E-state index contributed by atoms with van der Waals surface area (Å²) in [6, 6.07) is 7.86. The zero-order valence-corrected chi connectivity index (χ0v) is 17.0. The summed E-state index contributed by atoms with van der Waals surface area (Å²) in [5.74, 6) is 1.53. The molecule has 1 atom stereocenters. The second-order valence-electron chi connectivity index (χ2n) is 7.14. The van der Waals surface area contributed by atoms with Gasteiger partial charge in [-0.15, -0.1) is 10.2 Å². The molecule has 2 aliphatic rings. The van der Waals surface area contributed by atoms with E-state index >= 15 is 0 Å². The van der Waals surface area contributed by atoms with Gasteiger partial charge in [0, 0.05) is 32.3 Å². The second kappa shape index (κ2) is 7.14. The van der Waals surface area contributed by atoms with Gasteiger partial charge in [0.1, 0.15) is 11.4 Å². The highest BCUT2D eigenvalue weighted by molar-refractivity contribution is 7.98. The van der Waals surface area contributed by atoms with Crippen molar-refractivity contribution in [2.75, 3.05) is 29.1 Å². The first-order valence-corrected chi connectivity index (χ1v) is 10.8. The van der Waals surface area contributed by atoms with Crippen LogP contribution in [0.3, 0.4) is 0 Å². The van der Waals surface area contributed by atoms with E-state index < -0.39 is 0 Å². The van der Waals surface area contributed by atoms with Gasteiger partial charge in [0.05, 0.1) is 11.3 Å².